The molecule has 394 valence electrons. The van der Waals surface area contributed by atoms with Gasteiger partial charge in [0.1, 0.15) is 16.8 Å². The molecule has 0 aliphatic carbocycles. The van der Waals surface area contributed by atoms with Crippen LogP contribution in [0.1, 0.15) is 163 Å². The normalized spacial score (nSPS) is 13.5. The molecule has 0 saturated carbocycles. The van der Waals surface area contributed by atoms with Crippen LogP contribution in [-0.4, -0.2) is 119 Å². The molecule has 12 nitrogen and oxygen atoms in total. The minimum atomic E-state index is -0.767. The van der Waals surface area contributed by atoms with Gasteiger partial charge in [-0.2, -0.15) is 0 Å². The first-order valence-electron chi connectivity index (χ1n) is 25.0. The quantitative estimate of drug-likeness (QED) is 0.0321. The molecule has 0 bridgehead atoms. The Labute approximate surface area is 424 Å². The predicted octanol–water partition coefficient (Wildman–Crippen LogP) is 12.4. The lowest BCUT2D eigenvalue weighted by atomic mass is 9.65. The summed E-state index contributed by atoms with van der Waals surface area (Å²) in [7, 11) is 11.7. The Kier molecular flexibility index (Phi) is 23.0. The van der Waals surface area contributed by atoms with Crippen LogP contribution in [0.3, 0.4) is 0 Å². The highest BCUT2D eigenvalue weighted by molar-refractivity contribution is 5.90. The highest BCUT2D eigenvalue weighted by Gasteiger charge is 2.44. The molecule has 0 aliphatic heterocycles. The molecule has 0 radical (unpaired) electrons. The van der Waals surface area contributed by atoms with Crippen LogP contribution in [-0.2, 0) is 33.2 Å². The number of likely N-dealkylation sites (N-methyl/N-ethyl adjacent to an activating group) is 1. The topological polar surface area (TPSA) is 116 Å². The van der Waals surface area contributed by atoms with E-state index in [1.54, 1.807) is 30.3 Å². The average Bonchev–Trinajstić information content (AvgIpc) is 3.21. The van der Waals surface area contributed by atoms with E-state index in [0.29, 0.717) is 69.5 Å². The highest BCUT2D eigenvalue weighted by Crippen LogP contribution is 2.48. The van der Waals surface area contributed by atoms with E-state index in [2.05, 4.69) is 48.5 Å². The molecule has 2 rings (SSSR count). The van der Waals surface area contributed by atoms with Gasteiger partial charge in [-0.1, -0.05) is 25.5 Å². The zero-order valence-electron chi connectivity index (χ0n) is 47.1. The maximum Gasteiger partial charge on any atom is 0.338 e. The van der Waals surface area contributed by atoms with Crippen LogP contribution in [0.15, 0.2) is 84.6 Å². The first-order chi connectivity index (χ1) is 32.1. The molecule has 12 heteroatoms. The number of esters is 3. The van der Waals surface area contributed by atoms with Crippen LogP contribution in [0.2, 0.25) is 0 Å². The van der Waals surface area contributed by atoms with Crippen LogP contribution in [0.25, 0.3) is 0 Å². The van der Waals surface area contributed by atoms with Crippen molar-refractivity contribution in [1.29, 1.82) is 0 Å². The number of carbonyl (C=O) groups excluding carboxylic acids is 3. The number of benzene rings is 2. The molecule has 0 aliphatic rings. The Morgan fingerprint density at radius 3 is 1.14 bits per heavy atom. The molecule has 0 N–H and O–H groups in total. The molecule has 70 heavy (non-hydrogen) atoms. The van der Waals surface area contributed by atoms with Crippen molar-refractivity contribution in [3.8, 4) is 0 Å². The number of hydrogen-bond acceptors (Lipinski definition) is 12. The minimum absolute atomic E-state index is 0.323. The predicted molar refractivity (Wildman–Crippen MR) is 287 cm³/mol. The third-order valence-corrected chi connectivity index (χ3v) is 12.4. The van der Waals surface area contributed by atoms with Gasteiger partial charge in [-0.3, -0.25) is 0 Å². The standard InChI is InChI=1S/C58H93N3O9/c1-21-24-46(59(15)16)25-23-26-49(62)68-52(3,4)35-38-65-55(9,10)41-58(22-2,42-56(11,12)66-39-36-53(5,6)69-50(63)44-27-31-47(32-28-44)60(17)18)43-57(13,14)67-40-37-54(7,8)70-51(64)45-29-33-48(34-30-45)61(19)20/h21,23-34H,22,35-43H2,1-20H3/b24-21-,26-23+,46-25+. The van der Waals surface area contributed by atoms with E-state index in [0.717, 1.165) is 23.5 Å². The van der Waals surface area contributed by atoms with Crippen LogP contribution in [0.4, 0.5) is 11.4 Å². The summed E-state index contributed by atoms with van der Waals surface area (Å²) in [5.41, 5.74) is -0.385. The van der Waals surface area contributed by atoms with Crippen molar-refractivity contribution >= 4 is 29.3 Å². The van der Waals surface area contributed by atoms with Crippen molar-refractivity contribution in [2.45, 2.75) is 175 Å². The number of anilines is 2. The summed E-state index contributed by atoms with van der Waals surface area (Å²) in [6.45, 7) is 29.5. The lowest BCUT2D eigenvalue weighted by Crippen LogP contribution is -2.45. The molecule has 0 spiro atoms. The smallest absolute Gasteiger partial charge is 0.338 e. The molecule has 0 fully saturated rings. The fourth-order valence-corrected chi connectivity index (χ4v) is 8.76. The van der Waals surface area contributed by atoms with Crippen molar-refractivity contribution in [2.75, 3.05) is 71.9 Å². The molecular formula is C58H93N3O9. The van der Waals surface area contributed by atoms with Gasteiger partial charge in [-0.05, 0) is 175 Å². The Balaban J connectivity index is 2.26. The van der Waals surface area contributed by atoms with Crippen molar-refractivity contribution in [2.24, 2.45) is 5.41 Å². The van der Waals surface area contributed by atoms with Gasteiger partial charge in [0.25, 0.3) is 0 Å². The molecule has 0 saturated heterocycles. The molecule has 2 aromatic carbocycles. The van der Waals surface area contributed by atoms with Gasteiger partial charge < -0.3 is 43.1 Å². The largest absolute Gasteiger partial charge is 0.456 e. The molecule has 0 unspecified atom stereocenters. The SMILES string of the molecule is C\C=C/C(=C\C=C\C(=O)OC(C)(C)CCOC(C)(C)CC(CC)(CC(C)(C)OCCC(C)(C)OC(=O)c1ccc(N(C)C)cc1)CC(C)(C)OCCC(C)(C)OC(=O)c1ccc(N(C)C)cc1)N(C)C. The summed E-state index contributed by atoms with van der Waals surface area (Å²) < 4.78 is 38.1. The fraction of sp³-hybridized carbons (Fsp3) is 0.638. The summed E-state index contributed by atoms with van der Waals surface area (Å²) in [5.74, 6) is -1.15. The number of ether oxygens (including phenoxy) is 6. The molecular weight excluding hydrogens is 883 g/mol. The minimum Gasteiger partial charge on any atom is -0.456 e. The van der Waals surface area contributed by atoms with Crippen molar-refractivity contribution < 1.29 is 42.8 Å². The van der Waals surface area contributed by atoms with Crippen molar-refractivity contribution in [3.05, 3.63) is 95.7 Å². The van der Waals surface area contributed by atoms with Gasteiger partial charge in [0.15, 0.2) is 0 Å². The molecule has 2 aromatic rings. The number of nitrogens with zero attached hydrogens (tertiary/aromatic N) is 3. The van der Waals surface area contributed by atoms with Gasteiger partial charge in [0.2, 0.25) is 0 Å². The summed E-state index contributed by atoms with van der Waals surface area (Å²) in [5, 5.41) is 0. The zero-order valence-corrected chi connectivity index (χ0v) is 47.1. The van der Waals surface area contributed by atoms with Crippen molar-refractivity contribution in [1.82, 2.24) is 4.90 Å². The fourth-order valence-electron chi connectivity index (χ4n) is 8.76. The summed E-state index contributed by atoms with van der Waals surface area (Å²) in [4.78, 5) is 45.2. The van der Waals surface area contributed by atoms with Crippen LogP contribution < -0.4 is 9.80 Å². The van der Waals surface area contributed by atoms with Crippen LogP contribution in [0.5, 0.6) is 0 Å². The first-order valence-corrected chi connectivity index (χ1v) is 25.0. The number of hydrogen-bond donors (Lipinski definition) is 0. The first kappa shape index (κ1) is 61.5. The van der Waals surface area contributed by atoms with E-state index in [1.807, 2.05) is 148 Å². The average molecular weight is 976 g/mol. The number of rotatable bonds is 30. The second-order valence-electron chi connectivity index (χ2n) is 23.2. The summed E-state index contributed by atoms with van der Waals surface area (Å²) >= 11 is 0. The molecule has 0 aromatic heterocycles. The van der Waals surface area contributed by atoms with E-state index < -0.39 is 39.6 Å². The van der Waals surface area contributed by atoms with Gasteiger partial charge >= 0.3 is 17.9 Å². The summed E-state index contributed by atoms with van der Waals surface area (Å²) in [6, 6.07) is 14.8. The van der Waals surface area contributed by atoms with E-state index in [1.165, 1.54) is 6.08 Å². The number of allylic oxidation sites excluding steroid dienone is 4. The van der Waals surface area contributed by atoms with Gasteiger partial charge in [-0.25, -0.2) is 14.4 Å². The lowest BCUT2D eigenvalue weighted by Gasteiger charge is -2.47. The van der Waals surface area contributed by atoms with Gasteiger partial charge in [0, 0.05) is 84.7 Å². The maximum absolute atomic E-state index is 13.2. The number of carbonyl (C=O) groups is 3. The van der Waals surface area contributed by atoms with Crippen LogP contribution in [0, 0.1) is 5.41 Å². The molecule has 0 heterocycles. The van der Waals surface area contributed by atoms with Gasteiger partial charge in [-0.15, -0.1) is 0 Å². The second-order valence-corrected chi connectivity index (χ2v) is 23.2. The highest BCUT2D eigenvalue weighted by atomic mass is 16.6. The lowest BCUT2D eigenvalue weighted by molar-refractivity contribution is -0.154. The monoisotopic (exact) mass is 976 g/mol. The third-order valence-electron chi connectivity index (χ3n) is 12.4. The van der Waals surface area contributed by atoms with E-state index in [4.69, 9.17) is 28.4 Å². The Hall–Kier alpha value is -4.65. The maximum atomic E-state index is 13.2. The third kappa shape index (κ3) is 22.6. The Morgan fingerprint density at radius 2 is 0.843 bits per heavy atom. The Morgan fingerprint density at radius 1 is 0.500 bits per heavy atom. The van der Waals surface area contributed by atoms with Gasteiger partial charge in [0.05, 0.1) is 47.8 Å². The van der Waals surface area contributed by atoms with E-state index in [9.17, 15) is 14.4 Å². The van der Waals surface area contributed by atoms with E-state index in [-0.39, 0.29) is 17.4 Å². The van der Waals surface area contributed by atoms with Crippen molar-refractivity contribution in [3.63, 3.8) is 0 Å². The molecule has 0 atom stereocenters. The van der Waals surface area contributed by atoms with Crippen LogP contribution >= 0.6 is 0 Å². The Bertz CT molecular complexity index is 1940. The second kappa shape index (κ2) is 26.2. The summed E-state index contributed by atoms with van der Waals surface area (Å²) in [6.07, 6.45) is 13.3. The van der Waals surface area contributed by atoms with E-state index >= 15 is 0 Å². The molecule has 0 amide bonds. The zero-order chi connectivity index (χ0) is 53.4.